The van der Waals surface area contributed by atoms with Gasteiger partial charge in [0.2, 0.25) is 11.8 Å². The summed E-state index contributed by atoms with van der Waals surface area (Å²) in [6, 6.07) is 14.4. The lowest BCUT2D eigenvalue weighted by atomic mass is 9.77. The van der Waals surface area contributed by atoms with Crippen LogP contribution in [0.3, 0.4) is 0 Å². The Balaban J connectivity index is 1.70. The van der Waals surface area contributed by atoms with E-state index in [1.54, 1.807) is 18.1 Å². The maximum Gasteiger partial charge on any atom is 0.247 e. The van der Waals surface area contributed by atoms with Gasteiger partial charge in [0.25, 0.3) is 0 Å². The Kier molecular flexibility index (Phi) is 8.84. The summed E-state index contributed by atoms with van der Waals surface area (Å²) in [6.07, 6.45) is 2.45. The predicted molar refractivity (Wildman–Crippen MR) is 140 cm³/mol. The van der Waals surface area contributed by atoms with Gasteiger partial charge in [0.1, 0.15) is 23.7 Å². The Morgan fingerprint density at radius 1 is 1.14 bits per heavy atom. The van der Waals surface area contributed by atoms with Crippen molar-refractivity contribution in [2.24, 2.45) is 0 Å². The number of aliphatic hydroxyl groups is 2. The number of ether oxygens (including phenoxy) is 2. The van der Waals surface area contributed by atoms with Crippen molar-refractivity contribution in [1.82, 2.24) is 10.2 Å². The number of rotatable bonds is 11. The number of nitrogens with zero attached hydrogens (tertiary/aromatic N) is 1. The zero-order valence-corrected chi connectivity index (χ0v) is 21.4. The highest BCUT2D eigenvalue weighted by atomic mass is 16.5. The van der Waals surface area contributed by atoms with E-state index in [1.807, 2.05) is 55.5 Å². The number of benzene rings is 2. The van der Waals surface area contributed by atoms with Gasteiger partial charge < -0.3 is 29.9 Å². The quantitative estimate of drug-likeness (QED) is 0.431. The number of unbranched alkanes of at least 4 members (excludes halogenated alkanes) is 1. The summed E-state index contributed by atoms with van der Waals surface area (Å²) in [7, 11) is 1.61. The van der Waals surface area contributed by atoms with E-state index in [9.17, 15) is 19.8 Å². The first-order valence-corrected chi connectivity index (χ1v) is 13.0. The summed E-state index contributed by atoms with van der Waals surface area (Å²) in [5, 5.41) is 23.6. The van der Waals surface area contributed by atoms with Crippen molar-refractivity contribution >= 4 is 11.8 Å². The van der Waals surface area contributed by atoms with E-state index in [2.05, 4.69) is 5.32 Å². The summed E-state index contributed by atoms with van der Waals surface area (Å²) in [6.45, 7) is 2.29. The molecule has 0 spiro atoms. The van der Waals surface area contributed by atoms with Crippen molar-refractivity contribution in [3.8, 4) is 11.5 Å². The predicted octanol–water partition coefficient (Wildman–Crippen LogP) is 2.58. The molecular weight excluding hydrogens is 472 g/mol. The van der Waals surface area contributed by atoms with Crippen molar-refractivity contribution < 1.29 is 29.3 Å². The van der Waals surface area contributed by atoms with Crippen LogP contribution in [-0.4, -0.2) is 72.0 Å². The molecule has 2 aromatic carbocycles. The molecule has 8 heteroatoms. The number of para-hydroxylation sites is 2. The number of carbonyl (C=O) groups is 2. The normalized spacial score (nSPS) is 21.8. The highest BCUT2D eigenvalue weighted by Gasteiger charge is 2.50. The maximum atomic E-state index is 13.5. The number of hydrogen-bond acceptors (Lipinski definition) is 6. The van der Waals surface area contributed by atoms with Gasteiger partial charge in [-0.3, -0.25) is 9.59 Å². The summed E-state index contributed by atoms with van der Waals surface area (Å²) in [5.41, 5.74) is 2.22. The average molecular weight is 509 g/mol. The van der Waals surface area contributed by atoms with Crippen LogP contribution in [0, 0.1) is 0 Å². The van der Waals surface area contributed by atoms with Gasteiger partial charge in [0.05, 0.1) is 25.7 Å². The zero-order valence-electron chi connectivity index (χ0n) is 21.4. The van der Waals surface area contributed by atoms with Gasteiger partial charge in [-0.2, -0.15) is 0 Å². The molecule has 37 heavy (non-hydrogen) atoms. The van der Waals surface area contributed by atoms with Gasteiger partial charge in [-0.1, -0.05) is 49.7 Å². The van der Waals surface area contributed by atoms with Gasteiger partial charge in [0.15, 0.2) is 0 Å². The van der Waals surface area contributed by atoms with E-state index in [-0.39, 0.29) is 25.0 Å². The Morgan fingerprint density at radius 2 is 1.89 bits per heavy atom. The number of methoxy groups -OCH3 is 1. The van der Waals surface area contributed by atoms with Crippen molar-refractivity contribution in [1.29, 1.82) is 0 Å². The third-order valence-electron chi connectivity index (χ3n) is 7.12. The first-order valence-electron chi connectivity index (χ1n) is 13.0. The van der Waals surface area contributed by atoms with Gasteiger partial charge in [-0.25, -0.2) is 0 Å². The van der Waals surface area contributed by atoms with Gasteiger partial charge in [-0.05, 0) is 36.6 Å². The number of fused-ring (bicyclic) bond motifs is 3. The molecular formula is C29H36N2O6. The van der Waals surface area contributed by atoms with E-state index in [1.165, 1.54) is 0 Å². The second-order valence-electron chi connectivity index (χ2n) is 9.43. The molecule has 2 amide bonds. The fraction of sp³-hybridized carbons (Fsp3) is 0.448. The fourth-order valence-corrected chi connectivity index (χ4v) is 5.25. The van der Waals surface area contributed by atoms with E-state index < -0.39 is 24.2 Å². The minimum Gasteiger partial charge on any atom is -0.496 e. The van der Waals surface area contributed by atoms with Crippen LogP contribution in [0.4, 0.5) is 0 Å². The molecule has 2 aromatic rings. The molecule has 0 fully saturated rings. The number of carbonyl (C=O) groups excluding carboxylic acids is 2. The SMILES string of the molecule is CCCCC(=O)N(CCc1ccccc1OC)[C@@H]1C=C(C(=O)NCCO)[C@@H]2c3ccccc3O[C@@H]2[C@H]1O. The topological polar surface area (TPSA) is 108 Å². The molecule has 0 unspecified atom stereocenters. The summed E-state index contributed by atoms with van der Waals surface area (Å²) < 4.78 is 11.7. The van der Waals surface area contributed by atoms with Crippen LogP contribution >= 0.6 is 0 Å². The molecule has 0 bridgehead atoms. The van der Waals surface area contributed by atoms with E-state index in [0.29, 0.717) is 30.7 Å². The van der Waals surface area contributed by atoms with Crippen LogP contribution < -0.4 is 14.8 Å². The molecule has 4 atom stereocenters. The summed E-state index contributed by atoms with van der Waals surface area (Å²) in [5.74, 6) is 0.467. The van der Waals surface area contributed by atoms with Crippen LogP contribution in [0.15, 0.2) is 60.2 Å². The number of aliphatic hydroxyl groups excluding tert-OH is 2. The Morgan fingerprint density at radius 3 is 2.65 bits per heavy atom. The average Bonchev–Trinajstić information content (AvgIpc) is 3.32. The molecule has 198 valence electrons. The number of amides is 2. The summed E-state index contributed by atoms with van der Waals surface area (Å²) >= 11 is 0. The van der Waals surface area contributed by atoms with Gasteiger partial charge in [-0.15, -0.1) is 0 Å². The third kappa shape index (κ3) is 5.65. The van der Waals surface area contributed by atoms with Crippen LogP contribution in [0.25, 0.3) is 0 Å². The van der Waals surface area contributed by atoms with Gasteiger partial charge >= 0.3 is 0 Å². The highest BCUT2D eigenvalue weighted by Crippen LogP contribution is 2.47. The van der Waals surface area contributed by atoms with Crippen LogP contribution in [-0.2, 0) is 16.0 Å². The standard InChI is InChI=1S/C29H36N2O6/c1-3-4-13-25(33)31(16-14-19-9-5-7-11-23(19)36-2)22-18-21(29(35)30-15-17-32)26-20-10-6-8-12-24(20)37-28(26)27(22)34/h5-12,18,22,26-28,32,34H,3-4,13-17H2,1-2H3,(H,30,35)/t22-,26+,27+,28+/m1/s1. The molecule has 4 rings (SSSR count). The molecule has 2 aliphatic rings. The van der Waals surface area contributed by atoms with Crippen LogP contribution in [0.2, 0.25) is 0 Å². The molecule has 1 aliphatic heterocycles. The number of nitrogens with one attached hydrogen (secondary N) is 1. The smallest absolute Gasteiger partial charge is 0.247 e. The fourth-order valence-electron chi connectivity index (χ4n) is 5.25. The highest BCUT2D eigenvalue weighted by molar-refractivity contribution is 5.96. The maximum absolute atomic E-state index is 13.5. The van der Waals surface area contributed by atoms with Crippen molar-refractivity contribution in [2.75, 3.05) is 26.8 Å². The van der Waals surface area contributed by atoms with Crippen LogP contribution in [0.5, 0.6) is 11.5 Å². The minimum absolute atomic E-state index is 0.0823. The molecule has 1 heterocycles. The van der Waals surface area contributed by atoms with Crippen molar-refractivity contribution in [2.45, 2.75) is 56.8 Å². The van der Waals surface area contributed by atoms with Crippen molar-refractivity contribution in [3.05, 3.63) is 71.3 Å². The first kappa shape index (κ1) is 26.7. The lowest BCUT2D eigenvalue weighted by Gasteiger charge is -2.41. The molecule has 0 saturated carbocycles. The Bertz CT molecular complexity index is 1130. The Hall–Kier alpha value is -3.36. The van der Waals surface area contributed by atoms with Crippen molar-refractivity contribution in [3.63, 3.8) is 0 Å². The van der Waals surface area contributed by atoms with E-state index in [4.69, 9.17) is 9.47 Å². The van der Waals surface area contributed by atoms with Crippen LogP contribution in [0.1, 0.15) is 43.2 Å². The monoisotopic (exact) mass is 508 g/mol. The lowest BCUT2D eigenvalue weighted by Crippen LogP contribution is -2.56. The molecule has 8 nitrogen and oxygen atoms in total. The molecule has 0 radical (unpaired) electrons. The van der Waals surface area contributed by atoms with E-state index in [0.717, 1.165) is 29.7 Å². The molecule has 0 aromatic heterocycles. The molecule has 0 saturated heterocycles. The molecule has 1 aliphatic carbocycles. The zero-order chi connectivity index (χ0) is 26.4. The Labute approximate surface area is 217 Å². The van der Waals surface area contributed by atoms with Gasteiger partial charge in [0, 0.05) is 30.6 Å². The molecule has 3 N–H and O–H groups in total. The van der Waals surface area contributed by atoms with E-state index >= 15 is 0 Å². The lowest BCUT2D eigenvalue weighted by molar-refractivity contribution is -0.137. The third-order valence-corrected chi connectivity index (χ3v) is 7.12. The number of hydrogen-bond donors (Lipinski definition) is 3. The minimum atomic E-state index is -1.03. The first-order chi connectivity index (χ1) is 18.0. The second-order valence-corrected chi connectivity index (χ2v) is 9.43. The largest absolute Gasteiger partial charge is 0.496 e. The summed E-state index contributed by atoms with van der Waals surface area (Å²) in [4.78, 5) is 28.4. The second kappa shape index (κ2) is 12.3.